The quantitative estimate of drug-likeness (QED) is 0.781. The van der Waals surface area contributed by atoms with Crippen molar-refractivity contribution < 1.29 is 13.2 Å². The number of methoxy groups -OCH3 is 1. The summed E-state index contributed by atoms with van der Waals surface area (Å²) in [5, 5.41) is 0. The number of nitrogens with zero attached hydrogens (tertiary/aromatic N) is 1. The van der Waals surface area contributed by atoms with E-state index in [1.54, 1.807) is 7.11 Å². The Morgan fingerprint density at radius 3 is 2.48 bits per heavy atom. The third-order valence-corrected chi connectivity index (χ3v) is 6.37. The first-order chi connectivity index (χ1) is 12.9. The van der Waals surface area contributed by atoms with Gasteiger partial charge in [0.2, 0.25) is 10.0 Å². The van der Waals surface area contributed by atoms with Crippen LogP contribution in [0.2, 0.25) is 0 Å². The molecule has 146 valence electrons. The second-order valence-electron chi connectivity index (χ2n) is 7.24. The molecule has 1 N–H and O–H groups in total. The number of piperidine rings is 1. The minimum atomic E-state index is -3.40. The van der Waals surface area contributed by atoms with Crippen molar-refractivity contribution in [3.05, 3.63) is 54.1 Å². The average Bonchev–Trinajstić information content (AvgIpc) is 2.68. The molecule has 1 fully saturated rings. The Morgan fingerprint density at radius 2 is 1.81 bits per heavy atom. The van der Waals surface area contributed by atoms with E-state index in [9.17, 15) is 8.42 Å². The predicted molar refractivity (Wildman–Crippen MR) is 111 cm³/mol. The molecule has 1 aliphatic heterocycles. The van der Waals surface area contributed by atoms with E-state index >= 15 is 0 Å². The van der Waals surface area contributed by atoms with Crippen molar-refractivity contribution in [1.29, 1.82) is 0 Å². The molecule has 2 aromatic rings. The van der Waals surface area contributed by atoms with E-state index in [-0.39, 0.29) is 5.75 Å². The molecule has 0 bridgehead atoms. The first-order valence-corrected chi connectivity index (χ1v) is 11.1. The maximum Gasteiger partial charge on any atom is 0.233 e. The van der Waals surface area contributed by atoms with Crippen molar-refractivity contribution in [3.8, 4) is 5.75 Å². The summed E-state index contributed by atoms with van der Waals surface area (Å²) in [7, 11) is -1.80. The van der Waals surface area contributed by atoms with E-state index in [0.29, 0.717) is 12.1 Å². The first kappa shape index (κ1) is 19.5. The second-order valence-corrected chi connectivity index (χ2v) is 9.08. The number of hydrogen-bond acceptors (Lipinski definition) is 4. The monoisotopic (exact) mass is 388 g/mol. The highest BCUT2D eigenvalue weighted by Crippen LogP contribution is 2.24. The smallest absolute Gasteiger partial charge is 0.233 e. The Hall–Kier alpha value is -2.21. The molecule has 0 amide bonds. The molecule has 0 spiro atoms. The van der Waals surface area contributed by atoms with Crippen molar-refractivity contribution in [3.63, 3.8) is 0 Å². The second kappa shape index (κ2) is 8.65. The van der Waals surface area contributed by atoms with Gasteiger partial charge in [0.05, 0.1) is 12.9 Å². The number of hydrogen-bond donors (Lipinski definition) is 1. The average molecular weight is 389 g/mol. The molecular weight excluding hydrogens is 360 g/mol. The Morgan fingerprint density at radius 1 is 1.11 bits per heavy atom. The van der Waals surface area contributed by atoms with Gasteiger partial charge in [-0.25, -0.2) is 8.42 Å². The van der Waals surface area contributed by atoms with Crippen molar-refractivity contribution >= 4 is 21.4 Å². The van der Waals surface area contributed by atoms with Crippen LogP contribution in [0.25, 0.3) is 0 Å². The van der Waals surface area contributed by atoms with Gasteiger partial charge in [0.25, 0.3) is 0 Å². The lowest BCUT2D eigenvalue weighted by Gasteiger charge is -2.32. The standard InChI is InChI=1S/C21H28N2O3S/c1-17-10-13-23(14-11-17)20-8-6-19(7-9-20)22-27(24,25)15-12-18-4-3-5-21(16-18)26-2/h3-9,16-17,22H,10-15H2,1-2H3. The lowest BCUT2D eigenvalue weighted by Crippen LogP contribution is -2.32. The molecule has 6 heteroatoms. The number of ether oxygens (including phenoxy) is 1. The van der Waals surface area contributed by atoms with Crippen LogP contribution in [-0.4, -0.2) is 34.4 Å². The minimum absolute atomic E-state index is 0.0337. The van der Waals surface area contributed by atoms with Gasteiger partial charge in [-0.2, -0.15) is 0 Å². The van der Waals surface area contributed by atoms with Gasteiger partial charge in [0.15, 0.2) is 0 Å². The van der Waals surface area contributed by atoms with Gasteiger partial charge in [-0.3, -0.25) is 4.72 Å². The van der Waals surface area contributed by atoms with Crippen LogP contribution in [0.5, 0.6) is 5.75 Å². The van der Waals surface area contributed by atoms with E-state index in [1.807, 2.05) is 48.5 Å². The zero-order valence-electron chi connectivity index (χ0n) is 16.0. The van der Waals surface area contributed by atoms with Crippen molar-refractivity contribution in [2.75, 3.05) is 35.6 Å². The van der Waals surface area contributed by atoms with Gasteiger partial charge in [0.1, 0.15) is 5.75 Å². The normalized spacial score (nSPS) is 15.6. The molecule has 0 aliphatic carbocycles. The summed E-state index contributed by atoms with van der Waals surface area (Å²) in [5.41, 5.74) is 2.70. The maximum absolute atomic E-state index is 12.4. The molecule has 0 unspecified atom stereocenters. The van der Waals surface area contributed by atoms with Crippen LogP contribution in [0, 0.1) is 5.92 Å². The van der Waals surface area contributed by atoms with Gasteiger partial charge in [0, 0.05) is 24.5 Å². The third kappa shape index (κ3) is 5.63. The zero-order valence-corrected chi connectivity index (χ0v) is 16.8. The topological polar surface area (TPSA) is 58.6 Å². The highest BCUT2D eigenvalue weighted by Gasteiger charge is 2.16. The molecule has 1 heterocycles. The Balaban J connectivity index is 1.57. The number of anilines is 2. The molecule has 0 radical (unpaired) electrons. The number of sulfonamides is 1. The molecule has 5 nitrogen and oxygen atoms in total. The first-order valence-electron chi connectivity index (χ1n) is 9.43. The fourth-order valence-corrected chi connectivity index (χ4v) is 4.42. The third-order valence-electron chi connectivity index (χ3n) is 5.08. The molecule has 1 aliphatic rings. The Kier molecular flexibility index (Phi) is 6.26. The highest BCUT2D eigenvalue weighted by atomic mass is 32.2. The summed E-state index contributed by atoms with van der Waals surface area (Å²) in [4.78, 5) is 2.36. The van der Waals surface area contributed by atoms with Crippen LogP contribution < -0.4 is 14.4 Å². The molecule has 1 saturated heterocycles. The van der Waals surface area contributed by atoms with Crippen LogP contribution in [0.4, 0.5) is 11.4 Å². The van der Waals surface area contributed by atoms with E-state index < -0.39 is 10.0 Å². The van der Waals surface area contributed by atoms with Crippen LogP contribution >= 0.6 is 0 Å². The minimum Gasteiger partial charge on any atom is -0.497 e. The van der Waals surface area contributed by atoms with E-state index in [4.69, 9.17) is 4.74 Å². The molecule has 0 atom stereocenters. The summed E-state index contributed by atoms with van der Waals surface area (Å²) in [6.07, 6.45) is 2.86. The lowest BCUT2D eigenvalue weighted by atomic mass is 9.99. The van der Waals surface area contributed by atoms with Crippen molar-refractivity contribution in [2.45, 2.75) is 26.2 Å². The summed E-state index contributed by atoms with van der Waals surface area (Å²) < 4.78 is 32.7. The largest absolute Gasteiger partial charge is 0.497 e. The Labute approximate surface area is 162 Å². The summed E-state index contributed by atoms with van der Waals surface area (Å²) in [6.45, 7) is 4.42. The summed E-state index contributed by atoms with van der Waals surface area (Å²) in [5.74, 6) is 1.56. The van der Waals surface area contributed by atoms with Crippen LogP contribution in [0.1, 0.15) is 25.3 Å². The van der Waals surface area contributed by atoms with Crippen molar-refractivity contribution in [2.24, 2.45) is 5.92 Å². The Bertz CT molecular complexity index is 842. The number of aryl methyl sites for hydroxylation is 1. The van der Waals surface area contributed by atoms with Gasteiger partial charge in [-0.1, -0.05) is 19.1 Å². The number of benzene rings is 2. The fourth-order valence-electron chi connectivity index (χ4n) is 3.32. The summed E-state index contributed by atoms with van der Waals surface area (Å²) >= 11 is 0. The van der Waals surface area contributed by atoms with Gasteiger partial charge in [-0.15, -0.1) is 0 Å². The maximum atomic E-state index is 12.4. The molecule has 3 rings (SSSR count). The molecular formula is C21H28N2O3S. The SMILES string of the molecule is COc1cccc(CCS(=O)(=O)Nc2ccc(N3CCC(C)CC3)cc2)c1. The molecule has 0 aromatic heterocycles. The van der Waals surface area contributed by atoms with Crippen LogP contribution in [-0.2, 0) is 16.4 Å². The zero-order chi connectivity index (χ0) is 19.3. The van der Waals surface area contributed by atoms with E-state index in [1.165, 1.54) is 12.8 Å². The van der Waals surface area contributed by atoms with Gasteiger partial charge >= 0.3 is 0 Å². The van der Waals surface area contributed by atoms with Crippen LogP contribution in [0.3, 0.4) is 0 Å². The predicted octanol–water partition coefficient (Wildman–Crippen LogP) is 3.92. The summed E-state index contributed by atoms with van der Waals surface area (Å²) in [6, 6.07) is 15.2. The van der Waals surface area contributed by atoms with E-state index in [2.05, 4.69) is 16.5 Å². The van der Waals surface area contributed by atoms with Crippen LogP contribution in [0.15, 0.2) is 48.5 Å². The number of rotatable bonds is 7. The highest BCUT2D eigenvalue weighted by molar-refractivity contribution is 7.92. The molecule has 27 heavy (non-hydrogen) atoms. The van der Waals surface area contributed by atoms with Gasteiger partial charge < -0.3 is 9.64 Å². The van der Waals surface area contributed by atoms with E-state index in [0.717, 1.165) is 36.0 Å². The van der Waals surface area contributed by atoms with Crippen molar-refractivity contribution in [1.82, 2.24) is 0 Å². The van der Waals surface area contributed by atoms with Gasteiger partial charge in [-0.05, 0) is 67.1 Å². The molecule has 0 saturated carbocycles. The fraction of sp³-hybridized carbons (Fsp3) is 0.429. The molecule has 2 aromatic carbocycles. The number of nitrogens with one attached hydrogen (secondary N) is 1. The lowest BCUT2D eigenvalue weighted by molar-refractivity contribution is 0.414.